The molecule has 0 bridgehead atoms. The minimum Gasteiger partial charge on any atom is -0.0926 e. The summed E-state index contributed by atoms with van der Waals surface area (Å²) in [6, 6.07) is 0. The lowest BCUT2D eigenvalue weighted by Crippen LogP contribution is -2.17. The number of rotatable bonds is 8. The van der Waals surface area contributed by atoms with Gasteiger partial charge in [-0.05, 0) is 31.3 Å². The zero-order valence-corrected chi connectivity index (χ0v) is 14.0. The summed E-state index contributed by atoms with van der Waals surface area (Å²) in [6.07, 6.45) is 7.35. The molecule has 0 saturated heterocycles. The van der Waals surface area contributed by atoms with Crippen molar-refractivity contribution >= 4 is 19.7 Å². The van der Waals surface area contributed by atoms with Gasteiger partial charge >= 0.3 is 0 Å². The van der Waals surface area contributed by atoms with E-state index in [2.05, 4.69) is 39.2 Å². The predicted molar refractivity (Wildman–Crippen MR) is 84.4 cm³/mol. The molecule has 2 heteroatoms. The Kier molecular flexibility index (Phi) is 8.98. The van der Waals surface area contributed by atoms with Gasteiger partial charge in [0, 0.05) is 5.54 Å². The second-order valence-corrected chi connectivity index (χ2v) is 11.1. The highest BCUT2D eigenvalue weighted by molar-refractivity contribution is 6.81. The summed E-state index contributed by atoms with van der Waals surface area (Å²) in [5, 5.41) is 0. The van der Waals surface area contributed by atoms with E-state index in [1.807, 2.05) is 5.54 Å². The molecular weight excluding hydrogens is 244 g/mol. The van der Waals surface area contributed by atoms with Crippen molar-refractivity contribution in [3.05, 3.63) is 22.4 Å². The van der Waals surface area contributed by atoms with Crippen LogP contribution in [0.3, 0.4) is 0 Å². The zero-order chi connectivity index (χ0) is 13.3. The third-order valence-corrected chi connectivity index (χ3v) is 4.23. The molecule has 0 radical (unpaired) electrons. The Labute approximate surface area is 114 Å². The summed E-state index contributed by atoms with van der Waals surface area (Å²) < 4.78 is 0. The van der Waals surface area contributed by atoms with E-state index in [0.29, 0.717) is 0 Å². The highest BCUT2D eigenvalue weighted by Gasteiger charge is 2.13. The lowest BCUT2D eigenvalue weighted by molar-refractivity contribution is 0.754. The lowest BCUT2D eigenvalue weighted by atomic mass is 9.99. The molecule has 0 aromatic rings. The Morgan fingerprint density at radius 1 is 0.941 bits per heavy atom. The van der Waals surface area contributed by atoms with Gasteiger partial charge < -0.3 is 0 Å². The minimum absolute atomic E-state index is 1.14. The van der Waals surface area contributed by atoms with Crippen LogP contribution in [0.25, 0.3) is 0 Å². The second kappa shape index (κ2) is 8.99. The van der Waals surface area contributed by atoms with E-state index in [9.17, 15) is 0 Å². The third-order valence-electron chi connectivity index (χ3n) is 2.75. The molecule has 0 aliphatic heterocycles. The van der Waals surface area contributed by atoms with Crippen molar-refractivity contribution in [2.75, 3.05) is 0 Å². The smallest absolute Gasteiger partial charge is 0.0690 e. The first-order valence-electron chi connectivity index (χ1n) is 6.96. The standard InChI is InChI=1S/C15H29ClSi/c1-6-8-10-14(12-16)15(11-9-7-2)13-17(3,4)5/h12-13H,6-11H2,1-5H3/b14-12-,15-13+. The van der Waals surface area contributed by atoms with Crippen molar-refractivity contribution in [2.45, 2.75) is 72.0 Å². The number of halogens is 1. The average molecular weight is 273 g/mol. The first kappa shape index (κ1) is 17.0. The fourth-order valence-corrected chi connectivity index (χ4v) is 3.49. The van der Waals surface area contributed by atoms with Crippen LogP contribution in [-0.4, -0.2) is 8.07 Å². The molecule has 0 aromatic heterocycles. The fourth-order valence-electron chi connectivity index (χ4n) is 1.87. The van der Waals surface area contributed by atoms with Crippen LogP contribution in [0.4, 0.5) is 0 Å². The van der Waals surface area contributed by atoms with Gasteiger partial charge in [0.15, 0.2) is 0 Å². The van der Waals surface area contributed by atoms with Gasteiger partial charge in [0.05, 0.1) is 8.07 Å². The Morgan fingerprint density at radius 2 is 1.41 bits per heavy atom. The summed E-state index contributed by atoms with van der Waals surface area (Å²) in [7, 11) is -1.15. The van der Waals surface area contributed by atoms with Crippen LogP contribution in [0.2, 0.25) is 19.6 Å². The van der Waals surface area contributed by atoms with Gasteiger partial charge in [-0.25, -0.2) is 0 Å². The van der Waals surface area contributed by atoms with Crippen molar-refractivity contribution in [1.82, 2.24) is 0 Å². The van der Waals surface area contributed by atoms with Crippen molar-refractivity contribution in [3.63, 3.8) is 0 Å². The quantitative estimate of drug-likeness (QED) is 0.360. The van der Waals surface area contributed by atoms with Gasteiger partial charge in [0.2, 0.25) is 0 Å². The average Bonchev–Trinajstić information content (AvgIpc) is 2.24. The van der Waals surface area contributed by atoms with E-state index in [1.54, 1.807) is 0 Å². The molecule has 0 spiro atoms. The Balaban J connectivity index is 4.82. The highest BCUT2D eigenvalue weighted by atomic mass is 35.5. The van der Waals surface area contributed by atoms with Gasteiger partial charge in [-0.1, -0.05) is 69.2 Å². The van der Waals surface area contributed by atoms with E-state index in [-0.39, 0.29) is 0 Å². The molecule has 0 aromatic carbocycles. The van der Waals surface area contributed by atoms with Gasteiger partial charge in [-0.2, -0.15) is 0 Å². The van der Waals surface area contributed by atoms with Crippen molar-refractivity contribution in [3.8, 4) is 0 Å². The maximum Gasteiger partial charge on any atom is 0.0690 e. The summed E-state index contributed by atoms with van der Waals surface area (Å²) >= 11 is 6.02. The monoisotopic (exact) mass is 272 g/mol. The topological polar surface area (TPSA) is 0 Å². The SMILES string of the molecule is CCCCC(=C/Cl)/C(=C/[Si](C)(C)C)CCCC. The van der Waals surface area contributed by atoms with Crippen LogP contribution in [-0.2, 0) is 0 Å². The number of hydrogen-bond donors (Lipinski definition) is 0. The first-order valence-corrected chi connectivity index (χ1v) is 11.0. The van der Waals surface area contributed by atoms with E-state index < -0.39 is 8.07 Å². The maximum atomic E-state index is 6.02. The molecule has 0 aliphatic carbocycles. The van der Waals surface area contributed by atoms with Crippen molar-refractivity contribution in [2.24, 2.45) is 0 Å². The molecule has 0 N–H and O–H groups in total. The predicted octanol–water partition coefficient (Wildman–Crippen LogP) is 6.29. The number of allylic oxidation sites excluding steroid dienone is 2. The van der Waals surface area contributed by atoms with Crippen LogP contribution < -0.4 is 0 Å². The molecule has 0 atom stereocenters. The number of hydrogen-bond acceptors (Lipinski definition) is 0. The molecule has 0 fully saturated rings. The van der Waals surface area contributed by atoms with Crippen LogP contribution >= 0.6 is 11.6 Å². The third kappa shape index (κ3) is 8.68. The summed E-state index contributed by atoms with van der Waals surface area (Å²) in [4.78, 5) is 0. The van der Waals surface area contributed by atoms with Crippen molar-refractivity contribution < 1.29 is 0 Å². The Hall–Kier alpha value is -0.0131. The minimum atomic E-state index is -1.15. The molecule has 0 aliphatic rings. The summed E-state index contributed by atoms with van der Waals surface area (Å²) in [5.74, 6) is 0. The van der Waals surface area contributed by atoms with Gasteiger partial charge in [-0.3, -0.25) is 0 Å². The van der Waals surface area contributed by atoms with Crippen LogP contribution in [0.1, 0.15) is 52.4 Å². The molecule has 0 nitrogen and oxygen atoms in total. The fraction of sp³-hybridized carbons (Fsp3) is 0.733. The normalized spacial score (nSPS) is 14.2. The van der Waals surface area contributed by atoms with E-state index >= 15 is 0 Å². The van der Waals surface area contributed by atoms with E-state index in [0.717, 1.165) is 6.42 Å². The molecule has 100 valence electrons. The van der Waals surface area contributed by atoms with Crippen LogP contribution in [0.5, 0.6) is 0 Å². The van der Waals surface area contributed by atoms with E-state index in [1.165, 1.54) is 43.3 Å². The molecule has 0 amide bonds. The van der Waals surface area contributed by atoms with Gasteiger partial charge in [0.25, 0.3) is 0 Å². The first-order chi connectivity index (χ1) is 7.94. The van der Waals surface area contributed by atoms with Crippen molar-refractivity contribution in [1.29, 1.82) is 0 Å². The Bertz CT molecular complexity index is 259. The van der Waals surface area contributed by atoms with Gasteiger partial charge in [0.1, 0.15) is 0 Å². The lowest BCUT2D eigenvalue weighted by Gasteiger charge is -2.17. The Morgan fingerprint density at radius 3 is 1.76 bits per heavy atom. The zero-order valence-electron chi connectivity index (χ0n) is 12.3. The second-order valence-electron chi connectivity index (χ2n) is 5.88. The van der Waals surface area contributed by atoms with Crippen LogP contribution in [0.15, 0.2) is 22.4 Å². The highest BCUT2D eigenvalue weighted by Crippen LogP contribution is 2.25. The van der Waals surface area contributed by atoms with Crippen LogP contribution in [0, 0.1) is 0 Å². The molecule has 0 rings (SSSR count). The largest absolute Gasteiger partial charge is 0.0926 e. The van der Waals surface area contributed by atoms with Gasteiger partial charge in [-0.15, -0.1) is 0 Å². The maximum absolute atomic E-state index is 6.02. The molecule has 0 heterocycles. The molecular formula is C15H29ClSi. The molecule has 17 heavy (non-hydrogen) atoms. The number of unbranched alkanes of at least 4 members (excludes halogenated alkanes) is 2. The molecule has 0 saturated carbocycles. The van der Waals surface area contributed by atoms with E-state index in [4.69, 9.17) is 11.6 Å². The summed E-state index contributed by atoms with van der Waals surface area (Å²) in [6.45, 7) is 11.7. The summed E-state index contributed by atoms with van der Waals surface area (Å²) in [5.41, 5.74) is 7.25. The molecule has 0 unspecified atom stereocenters.